The van der Waals surface area contributed by atoms with Crippen molar-refractivity contribution in [1.82, 2.24) is 4.98 Å². The van der Waals surface area contributed by atoms with Gasteiger partial charge in [0.05, 0.1) is 22.3 Å². The van der Waals surface area contributed by atoms with Crippen LogP contribution in [0.2, 0.25) is 5.02 Å². The summed E-state index contributed by atoms with van der Waals surface area (Å²) in [6, 6.07) is 8.57. The number of hydrogen-bond donors (Lipinski definition) is 2. The highest BCUT2D eigenvalue weighted by molar-refractivity contribution is 7.22. The van der Waals surface area contributed by atoms with Gasteiger partial charge in [-0.15, -0.1) is 0 Å². The Bertz CT molecular complexity index is 1140. The molecule has 2 amide bonds. The number of primary amides is 1. The van der Waals surface area contributed by atoms with Crippen LogP contribution in [0.15, 0.2) is 30.3 Å². The minimum atomic E-state index is -0.647. The molecule has 0 spiro atoms. The van der Waals surface area contributed by atoms with Gasteiger partial charge in [0.2, 0.25) is 0 Å². The molecule has 1 fully saturated rings. The second-order valence-corrected chi connectivity index (χ2v) is 8.49. The molecule has 0 saturated carbocycles. The molecule has 0 radical (unpaired) electrons. The number of fused-ring (bicyclic) bond motifs is 1. The quantitative estimate of drug-likeness (QED) is 0.557. The van der Waals surface area contributed by atoms with Crippen molar-refractivity contribution in [2.24, 2.45) is 5.73 Å². The normalized spacial score (nSPS) is 13.4. The highest BCUT2D eigenvalue weighted by Crippen LogP contribution is 2.37. The van der Waals surface area contributed by atoms with Gasteiger partial charge in [-0.2, -0.15) is 0 Å². The van der Waals surface area contributed by atoms with Crippen LogP contribution in [-0.2, 0) is 4.79 Å². The van der Waals surface area contributed by atoms with Gasteiger partial charge < -0.3 is 25.4 Å². The standard InChI is InChI=1S/C21H21ClN4O4S/c1-29-16-9-12(8-14(22)19(16)30-11-18(23)27)20(28)24-13-4-5-15-17(10-13)31-21(25-15)26-6-2-3-7-26/h4-5,8-10H,2-3,6-7,11H2,1H3,(H2,23,27)(H,24,28). The number of benzene rings is 2. The Morgan fingerprint density at radius 2 is 2.03 bits per heavy atom. The summed E-state index contributed by atoms with van der Waals surface area (Å²) in [5.41, 5.74) is 6.95. The van der Waals surface area contributed by atoms with Crippen molar-refractivity contribution in [2.45, 2.75) is 12.8 Å². The first kappa shape index (κ1) is 21.2. The fourth-order valence-corrected chi connectivity index (χ4v) is 4.69. The lowest BCUT2D eigenvalue weighted by molar-refractivity contribution is -0.119. The zero-order valence-corrected chi connectivity index (χ0v) is 18.4. The van der Waals surface area contributed by atoms with Crippen LogP contribution < -0.4 is 25.4 Å². The third kappa shape index (κ3) is 4.67. The SMILES string of the molecule is COc1cc(C(=O)Nc2ccc3nc(N4CCCC4)sc3c2)cc(Cl)c1OCC(N)=O. The van der Waals surface area contributed by atoms with Crippen molar-refractivity contribution in [3.63, 3.8) is 0 Å². The number of nitrogens with zero attached hydrogens (tertiary/aromatic N) is 2. The van der Waals surface area contributed by atoms with Crippen molar-refractivity contribution < 1.29 is 19.1 Å². The van der Waals surface area contributed by atoms with Gasteiger partial charge in [0, 0.05) is 24.3 Å². The van der Waals surface area contributed by atoms with Crippen LogP contribution in [0.5, 0.6) is 11.5 Å². The predicted octanol–water partition coefficient (Wildman–Crippen LogP) is 3.67. The zero-order valence-electron chi connectivity index (χ0n) is 16.8. The summed E-state index contributed by atoms with van der Waals surface area (Å²) in [4.78, 5) is 30.8. The van der Waals surface area contributed by atoms with Crippen LogP contribution >= 0.6 is 22.9 Å². The number of carbonyl (C=O) groups excluding carboxylic acids is 2. The van der Waals surface area contributed by atoms with E-state index in [1.807, 2.05) is 18.2 Å². The van der Waals surface area contributed by atoms with Crippen LogP contribution in [0, 0.1) is 0 Å². The van der Waals surface area contributed by atoms with Crippen LogP contribution in [0.25, 0.3) is 10.2 Å². The number of nitrogens with one attached hydrogen (secondary N) is 1. The smallest absolute Gasteiger partial charge is 0.255 e. The molecule has 1 aromatic heterocycles. The third-order valence-electron chi connectivity index (χ3n) is 4.86. The Kier molecular flexibility index (Phi) is 6.15. The minimum Gasteiger partial charge on any atom is -0.493 e. The lowest BCUT2D eigenvalue weighted by Gasteiger charge is -2.13. The minimum absolute atomic E-state index is 0.138. The summed E-state index contributed by atoms with van der Waals surface area (Å²) >= 11 is 7.86. The molecule has 1 aliphatic rings. The van der Waals surface area contributed by atoms with Gasteiger partial charge in [-0.25, -0.2) is 4.98 Å². The van der Waals surface area contributed by atoms with Gasteiger partial charge in [0.1, 0.15) is 0 Å². The highest BCUT2D eigenvalue weighted by Gasteiger charge is 2.18. The molecule has 0 unspecified atom stereocenters. The molecule has 3 N–H and O–H groups in total. The van der Waals surface area contributed by atoms with Crippen LogP contribution in [0.4, 0.5) is 10.8 Å². The van der Waals surface area contributed by atoms with E-state index in [1.165, 1.54) is 32.1 Å². The molecule has 8 nitrogen and oxygen atoms in total. The van der Waals surface area contributed by atoms with E-state index in [9.17, 15) is 9.59 Å². The molecule has 10 heteroatoms. The van der Waals surface area contributed by atoms with E-state index in [-0.39, 0.29) is 34.6 Å². The largest absolute Gasteiger partial charge is 0.493 e. The molecule has 2 heterocycles. The number of aromatic nitrogens is 1. The number of nitrogens with two attached hydrogens (primary N) is 1. The first-order chi connectivity index (χ1) is 14.9. The summed E-state index contributed by atoms with van der Waals surface area (Å²) in [6.45, 7) is 1.71. The summed E-state index contributed by atoms with van der Waals surface area (Å²) in [5, 5.41) is 4.03. The van der Waals surface area contributed by atoms with E-state index in [0.29, 0.717) is 5.69 Å². The van der Waals surface area contributed by atoms with Gasteiger partial charge in [-0.1, -0.05) is 22.9 Å². The second kappa shape index (κ2) is 8.99. The molecule has 162 valence electrons. The molecule has 1 aliphatic heterocycles. The van der Waals surface area contributed by atoms with E-state index in [1.54, 1.807) is 11.3 Å². The summed E-state index contributed by atoms with van der Waals surface area (Å²) in [5.74, 6) is -0.622. The molecule has 3 aromatic rings. The molecule has 4 rings (SSSR count). The topological polar surface area (TPSA) is 107 Å². The molecule has 1 saturated heterocycles. The number of rotatable bonds is 7. The number of methoxy groups -OCH3 is 1. The number of anilines is 2. The number of amides is 2. The predicted molar refractivity (Wildman–Crippen MR) is 122 cm³/mol. The number of ether oxygens (including phenoxy) is 2. The van der Waals surface area contributed by atoms with E-state index < -0.39 is 5.91 Å². The maximum atomic E-state index is 12.8. The average Bonchev–Trinajstić information content (AvgIpc) is 3.41. The van der Waals surface area contributed by atoms with Gasteiger partial charge in [-0.3, -0.25) is 9.59 Å². The Labute approximate surface area is 187 Å². The summed E-state index contributed by atoms with van der Waals surface area (Å²) in [6.07, 6.45) is 2.38. The maximum absolute atomic E-state index is 12.8. The van der Waals surface area contributed by atoms with Gasteiger partial charge in [-0.05, 0) is 43.2 Å². The fourth-order valence-electron chi connectivity index (χ4n) is 3.37. The Morgan fingerprint density at radius 3 is 2.74 bits per heavy atom. The second-order valence-electron chi connectivity index (χ2n) is 7.07. The summed E-state index contributed by atoms with van der Waals surface area (Å²) in [7, 11) is 1.42. The molecular formula is C21H21ClN4O4S. The number of halogens is 1. The van der Waals surface area contributed by atoms with Crippen LogP contribution in [-0.4, -0.2) is 43.6 Å². The van der Waals surface area contributed by atoms with Crippen molar-refractivity contribution >= 4 is 55.8 Å². The highest BCUT2D eigenvalue weighted by atomic mass is 35.5. The van der Waals surface area contributed by atoms with Gasteiger partial charge in [0.25, 0.3) is 11.8 Å². The lowest BCUT2D eigenvalue weighted by Crippen LogP contribution is -2.20. The van der Waals surface area contributed by atoms with E-state index in [2.05, 4.69) is 10.2 Å². The number of thiazole rings is 1. The monoisotopic (exact) mass is 460 g/mol. The number of carbonyl (C=O) groups is 2. The first-order valence-corrected chi connectivity index (χ1v) is 10.9. The van der Waals surface area contributed by atoms with E-state index in [0.717, 1.165) is 28.4 Å². The molecular weight excluding hydrogens is 440 g/mol. The Balaban J connectivity index is 1.53. The Morgan fingerprint density at radius 1 is 1.26 bits per heavy atom. The third-order valence-corrected chi connectivity index (χ3v) is 6.22. The van der Waals surface area contributed by atoms with Crippen molar-refractivity contribution in [3.05, 3.63) is 40.9 Å². The molecule has 0 bridgehead atoms. The molecule has 31 heavy (non-hydrogen) atoms. The Hall–Kier alpha value is -3.04. The molecule has 0 atom stereocenters. The van der Waals surface area contributed by atoms with Gasteiger partial charge >= 0.3 is 0 Å². The lowest BCUT2D eigenvalue weighted by atomic mass is 10.1. The first-order valence-electron chi connectivity index (χ1n) is 9.70. The van der Waals surface area contributed by atoms with Crippen LogP contribution in [0.3, 0.4) is 0 Å². The fraction of sp³-hybridized carbons (Fsp3) is 0.286. The van der Waals surface area contributed by atoms with Crippen molar-refractivity contribution in [2.75, 3.05) is 37.0 Å². The summed E-state index contributed by atoms with van der Waals surface area (Å²) < 4.78 is 11.6. The zero-order chi connectivity index (χ0) is 22.0. The average molecular weight is 461 g/mol. The van der Waals surface area contributed by atoms with Gasteiger partial charge in [0.15, 0.2) is 23.2 Å². The number of hydrogen-bond acceptors (Lipinski definition) is 7. The maximum Gasteiger partial charge on any atom is 0.255 e. The van der Waals surface area contributed by atoms with Crippen molar-refractivity contribution in [1.29, 1.82) is 0 Å². The molecule has 0 aliphatic carbocycles. The van der Waals surface area contributed by atoms with E-state index in [4.69, 9.17) is 31.8 Å². The van der Waals surface area contributed by atoms with Crippen LogP contribution in [0.1, 0.15) is 23.2 Å². The molecule has 2 aromatic carbocycles. The van der Waals surface area contributed by atoms with Crippen molar-refractivity contribution in [3.8, 4) is 11.5 Å². The van der Waals surface area contributed by atoms with E-state index >= 15 is 0 Å².